The van der Waals surface area contributed by atoms with E-state index in [2.05, 4.69) is 10.8 Å². The molecule has 6 heteroatoms. The molecule has 0 aliphatic heterocycles. The molecule has 1 aliphatic rings. The van der Waals surface area contributed by atoms with Crippen LogP contribution in [0.25, 0.3) is 5.57 Å². The molecule has 1 aromatic carbocycles. The van der Waals surface area contributed by atoms with E-state index in [9.17, 15) is 13.2 Å². The Kier molecular flexibility index (Phi) is 4.96. The fraction of sp³-hybridized carbons (Fsp3) is 0.471. The zero-order valence-corrected chi connectivity index (χ0v) is 14.7. The summed E-state index contributed by atoms with van der Waals surface area (Å²) in [5.74, 6) is -0.466. The van der Waals surface area contributed by atoms with E-state index in [4.69, 9.17) is 5.73 Å². The molecule has 2 rings (SSSR count). The van der Waals surface area contributed by atoms with Crippen molar-refractivity contribution in [3.05, 3.63) is 41.0 Å². The molecule has 0 spiro atoms. The Balaban J connectivity index is 2.52. The molecule has 1 aromatic rings. The van der Waals surface area contributed by atoms with Crippen LogP contribution in [0.3, 0.4) is 0 Å². The van der Waals surface area contributed by atoms with Crippen molar-refractivity contribution < 1.29 is 13.2 Å². The zero-order chi connectivity index (χ0) is 17.3. The molecule has 5 nitrogen and oxygen atoms in total. The number of hydrogen-bond acceptors (Lipinski definition) is 3. The van der Waals surface area contributed by atoms with Crippen molar-refractivity contribution in [2.45, 2.75) is 45.1 Å². The molecule has 0 heterocycles. The van der Waals surface area contributed by atoms with Crippen LogP contribution in [0.2, 0.25) is 0 Å². The standard InChI is InChI=1S/C17H24N2O3S/c1-17(2,19-23(3,21)22)13-9-10-14(16(18)20)15(11-13)12-7-5-4-6-8-12/h7,9-11,19H,4-6,8H2,1-3H3,(H2,18,20). The van der Waals surface area contributed by atoms with Gasteiger partial charge in [0.2, 0.25) is 15.9 Å². The van der Waals surface area contributed by atoms with E-state index in [1.807, 2.05) is 6.07 Å². The molecule has 1 amide bonds. The van der Waals surface area contributed by atoms with Gasteiger partial charge in [-0.25, -0.2) is 13.1 Å². The normalized spacial score (nSPS) is 16.0. The van der Waals surface area contributed by atoms with Gasteiger partial charge in [-0.3, -0.25) is 4.79 Å². The van der Waals surface area contributed by atoms with E-state index in [1.54, 1.807) is 26.0 Å². The molecule has 0 radical (unpaired) electrons. The number of benzene rings is 1. The van der Waals surface area contributed by atoms with E-state index in [0.717, 1.165) is 48.6 Å². The number of allylic oxidation sites excluding steroid dienone is 2. The smallest absolute Gasteiger partial charge is 0.249 e. The van der Waals surface area contributed by atoms with Crippen LogP contribution in [0.5, 0.6) is 0 Å². The number of nitrogens with two attached hydrogens (primary N) is 1. The lowest BCUT2D eigenvalue weighted by Crippen LogP contribution is -2.40. The van der Waals surface area contributed by atoms with E-state index >= 15 is 0 Å². The third-order valence-corrected chi connectivity index (χ3v) is 4.97. The van der Waals surface area contributed by atoms with Gasteiger partial charge in [0.25, 0.3) is 0 Å². The SMILES string of the molecule is CC(C)(NS(C)(=O)=O)c1ccc(C(N)=O)c(C2=CCCCC2)c1. The van der Waals surface area contributed by atoms with Gasteiger partial charge >= 0.3 is 0 Å². The summed E-state index contributed by atoms with van der Waals surface area (Å²) >= 11 is 0. The lowest BCUT2D eigenvalue weighted by Gasteiger charge is -2.27. The first-order valence-corrected chi connectivity index (χ1v) is 9.62. The third-order valence-electron chi connectivity index (χ3n) is 4.08. The zero-order valence-electron chi connectivity index (χ0n) is 13.8. The summed E-state index contributed by atoms with van der Waals surface area (Å²) in [6.45, 7) is 3.60. The molecule has 0 saturated carbocycles. The maximum Gasteiger partial charge on any atom is 0.249 e. The average Bonchev–Trinajstić information content (AvgIpc) is 2.45. The van der Waals surface area contributed by atoms with Crippen molar-refractivity contribution in [2.75, 3.05) is 6.26 Å². The quantitative estimate of drug-likeness (QED) is 0.866. The van der Waals surface area contributed by atoms with Crippen LogP contribution in [0, 0.1) is 0 Å². The summed E-state index contributed by atoms with van der Waals surface area (Å²) in [6, 6.07) is 5.33. The summed E-state index contributed by atoms with van der Waals surface area (Å²) in [5.41, 5.74) is 7.95. The predicted octanol–water partition coefficient (Wildman–Crippen LogP) is 2.53. The van der Waals surface area contributed by atoms with E-state index < -0.39 is 21.5 Å². The Morgan fingerprint density at radius 1 is 1.26 bits per heavy atom. The summed E-state index contributed by atoms with van der Waals surface area (Å²) in [4.78, 5) is 11.7. The highest BCUT2D eigenvalue weighted by molar-refractivity contribution is 7.88. The molecular weight excluding hydrogens is 312 g/mol. The Morgan fingerprint density at radius 2 is 1.96 bits per heavy atom. The van der Waals surface area contributed by atoms with E-state index in [-0.39, 0.29) is 0 Å². The first-order chi connectivity index (χ1) is 10.6. The fourth-order valence-corrected chi connectivity index (χ4v) is 4.06. The molecule has 3 N–H and O–H groups in total. The second-order valence-electron chi connectivity index (χ2n) is 6.60. The first kappa shape index (κ1) is 17.7. The molecule has 1 aliphatic carbocycles. The summed E-state index contributed by atoms with van der Waals surface area (Å²) in [7, 11) is -3.35. The lowest BCUT2D eigenvalue weighted by molar-refractivity contribution is 0.1000. The molecule has 0 bridgehead atoms. The Labute approximate surface area is 138 Å². The minimum absolute atomic E-state index is 0.466. The highest BCUT2D eigenvalue weighted by atomic mass is 32.2. The van der Waals surface area contributed by atoms with Gasteiger partial charge in [0, 0.05) is 5.56 Å². The Hall–Kier alpha value is -1.66. The van der Waals surface area contributed by atoms with Crippen LogP contribution in [0.4, 0.5) is 0 Å². The molecular formula is C17H24N2O3S. The van der Waals surface area contributed by atoms with Gasteiger partial charge in [0.05, 0.1) is 11.8 Å². The van der Waals surface area contributed by atoms with Gasteiger partial charge in [-0.15, -0.1) is 0 Å². The van der Waals surface area contributed by atoms with Gasteiger partial charge in [-0.05, 0) is 68.4 Å². The molecule has 23 heavy (non-hydrogen) atoms. The van der Waals surface area contributed by atoms with Crippen molar-refractivity contribution in [3.63, 3.8) is 0 Å². The topological polar surface area (TPSA) is 89.3 Å². The monoisotopic (exact) mass is 336 g/mol. The predicted molar refractivity (Wildman–Crippen MR) is 92.4 cm³/mol. The van der Waals surface area contributed by atoms with Gasteiger partial charge in [-0.2, -0.15) is 0 Å². The highest BCUT2D eigenvalue weighted by Crippen LogP contribution is 2.32. The third kappa shape index (κ3) is 4.42. The minimum atomic E-state index is -3.35. The minimum Gasteiger partial charge on any atom is -0.366 e. The number of nitrogens with one attached hydrogen (secondary N) is 1. The van der Waals surface area contributed by atoms with Crippen LogP contribution in [-0.4, -0.2) is 20.6 Å². The van der Waals surface area contributed by atoms with Crippen LogP contribution >= 0.6 is 0 Å². The number of amides is 1. The highest BCUT2D eigenvalue weighted by Gasteiger charge is 2.26. The molecule has 0 saturated heterocycles. The Morgan fingerprint density at radius 3 is 2.48 bits per heavy atom. The van der Waals surface area contributed by atoms with Crippen molar-refractivity contribution in [2.24, 2.45) is 5.73 Å². The van der Waals surface area contributed by atoms with Crippen molar-refractivity contribution >= 4 is 21.5 Å². The van der Waals surface area contributed by atoms with E-state index in [1.165, 1.54) is 0 Å². The summed E-state index contributed by atoms with van der Waals surface area (Å²) in [5, 5.41) is 0. The second-order valence-corrected chi connectivity index (χ2v) is 8.35. The van der Waals surface area contributed by atoms with Crippen LogP contribution in [0.15, 0.2) is 24.3 Å². The summed E-state index contributed by atoms with van der Waals surface area (Å²) in [6.07, 6.45) is 7.41. The molecule has 0 aromatic heterocycles. The lowest BCUT2D eigenvalue weighted by atomic mass is 9.86. The molecule has 0 atom stereocenters. The molecule has 0 unspecified atom stereocenters. The van der Waals surface area contributed by atoms with Gasteiger partial charge in [0.1, 0.15) is 0 Å². The number of sulfonamides is 1. The van der Waals surface area contributed by atoms with Crippen LogP contribution in [-0.2, 0) is 15.6 Å². The second kappa shape index (κ2) is 6.45. The molecule has 0 fully saturated rings. The van der Waals surface area contributed by atoms with Gasteiger partial charge < -0.3 is 5.73 Å². The number of hydrogen-bond donors (Lipinski definition) is 2. The van der Waals surface area contributed by atoms with Gasteiger partial charge in [0.15, 0.2) is 0 Å². The largest absolute Gasteiger partial charge is 0.366 e. The fourth-order valence-electron chi connectivity index (χ4n) is 3.02. The van der Waals surface area contributed by atoms with E-state index in [0.29, 0.717) is 5.56 Å². The number of carbonyl (C=O) groups is 1. The van der Waals surface area contributed by atoms with Crippen LogP contribution < -0.4 is 10.5 Å². The van der Waals surface area contributed by atoms with Crippen molar-refractivity contribution in [1.29, 1.82) is 0 Å². The maximum atomic E-state index is 11.7. The maximum absolute atomic E-state index is 11.7. The van der Waals surface area contributed by atoms with Crippen molar-refractivity contribution in [3.8, 4) is 0 Å². The van der Waals surface area contributed by atoms with Crippen molar-refractivity contribution in [1.82, 2.24) is 4.72 Å². The molecule has 126 valence electrons. The number of carbonyl (C=O) groups excluding carboxylic acids is 1. The summed E-state index contributed by atoms with van der Waals surface area (Å²) < 4.78 is 25.8. The average molecular weight is 336 g/mol. The first-order valence-electron chi connectivity index (χ1n) is 7.73. The van der Waals surface area contributed by atoms with Crippen LogP contribution in [0.1, 0.15) is 61.0 Å². The Bertz CT molecular complexity index is 749. The number of rotatable bonds is 5. The number of primary amides is 1. The van der Waals surface area contributed by atoms with Gasteiger partial charge in [-0.1, -0.05) is 12.1 Å².